The number of anilines is 5. The van der Waals surface area contributed by atoms with Gasteiger partial charge in [0.15, 0.2) is 19.9 Å². The van der Waals surface area contributed by atoms with Gasteiger partial charge in [0.1, 0.15) is 19.4 Å². The van der Waals surface area contributed by atoms with Crippen LogP contribution < -0.4 is 72.1 Å². The largest absolute Gasteiger partial charge is 1.00 e. The number of nitrogen functional groups attached to an aromatic ring is 2. The van der Waals surface area contributed by atoms with E-state index >= 15 is 0 Å². The molecule has 4 aliphatic heterocycles. The van der Waals surface area contributed by atoms with E-state index in [-0.39, 0.29) is 53.5 Å². The molecule has 8 aromatic heterocycles. The van der Waals surface area contributed by atoms with Gasteiger partial charge in [-0.25, -0.2) is 24.7 Å². The Labute approximate surface area is 554 Å². The molecule has 12 heterocycles. The molecule has 0 spiro atoms. The molecule has 0 atom stereocenters. The monoisotopic (exact) mass is 1310 g/mol. The number of hydrogen-bond donors (Lipinski definition) is 6. The van der Waals surface area contributed by atoms with E-state index in [2.05, 4.69) is 116 Å². The number of hydrogen-bond acceptors (Lipinski definition) is 23. The SMILES string of the molecule is CC1CN(c2nc3ccccc3s2)C1.CC1CNC1.Cc1nnc2sc(C(=O)NC3CN(c4nc5ccccc5s4)C3)c(N)c2c1C.Cc1nnc2sc(C(=O)O)c(N)c2c1C.Clc1nc2ccccc2s1.NC1CN(c2nc3ccccc3s2)C1.[H-].[Na+]. The maximum Gasteiger partial charge on any atom is 1.00 e. The van der Waals surface area contributed by atoms with Crippen LogP contribution >= 0.6 is 79.6 Å². The first-order valence-electron chi connectivity index (χ1n) is 27.8. The van der Waals surface area contributed by atoms with Crippen molar-refractivity contribution in [3.8, 4) is 0 Å². The molecule has 19 nitrogen and oxygen atoms in total. The van der Waals surface area contributed by atoms with Gasteiger partial charge >= 0.3 is 35.5 Å². The van der Waals surface area contributed by atoms with Crippen LogP contribution in [0.1, 0.15) is 57.1 Å². The summed E-state index contributed by atoms with van der Waals surface area (Å²) in [4.78, 5) is 50.3. The quantitative estimate of drug-likeness (QED) is 0.0847. The molecule has 4 saturated heterocycles. The third-order valence-electron chi connectivity index (χ3n) is 14.8. The van der Waals surface area contributed by atoms with Crippen LogP contribution in [0.4, 0.5) is 26.8 Å². The van der Waals surface area contributed by atoms with Crippen molar-refractivity contribution in [2.24, 2.45) is 17.6 Å². The number of carboxylic acids is 1. The molecule has 9 N–H and O–H groups in total. The van der Waals surface area contributed by atoms with E-state index in [1.165, 1.54) is 68.1 Å². The third-order valence-corrected chi connectivity index (χ3v) is 21.4. The average molecular weight is 1310 g/mol. The number of halogens is 1. The fourth-order valence-electron chi connectivity index (χ4n) is 9.57. The van der Waals surface area contributed by atoms with Crippen molar-refractivity contribution in [2.75, 3.05) is 78.5 Å². The van der Waals surface area contributed by atoms with Crippen LogP contribution in [-0.4, -0.2) is 122 Å². The Morgan fingerprint density at radius 3 is 1.32 bits per heavy atom. The molecular weight excluding hydrogens is 1240 g/mol. The van der Waals surface area contributed by atoms with Gasteiger partial charge in [-0.1, -0.05) is 108 Å². The van der Waals surface area contributed by atoms with Gasteiger partial charge in [-0.15, -0.1) is 44.2 Å². The summed E-state index contributed by atoms with van der Waals surface area (Å²) in [6, 6.07) is 33.0. The maximum absolute atomic E-state index is 12.8. The zero-order chi connectivity index (χ0) is 60.3. The molecule has 4 aliphatic rings. The number of benzene rings is 4. The van der Waals surface area contributed by atoms with E-state index in [4.69, 9.17) is 33.9 Å². The first-order valence-corrected chi connectivity index (χ1v) is 33.1. The van der Waals surface area contributed by atoms with Crippen LogP contribution in [0, 0.1) is 39.5 Å². The van der Waals surface area contributed by atoms with E-state index in [0.29, 0.717) is 36.1 Å². The maximum atomic E-state index is 12.8. The first-order chi connectivity index (χ1) is 41.4. The summed E-state index contributed by atoms with van der Waals surface area (Å²) in [5, 5.41) is 36.2. The molecular formula is C60H64ClN16NaO3S6. The summed E-state index contributed by atoms with van der Waals surface area (Å²) in [6.45, 7) is 20.2. The number of carbonyl (C=O) groups is 2. The fraction of sp³-hybridized carbons (Fsp3) is 0.300. The van der Waals surface area contributed by atoms with E-state index in [0.717, 1.165) is 114 Å². The van der Waals surface area contributed by atoms with E-state index in [1.807, 2.05) is 88.4 Å². The number of rotatable bonds is 6. The summed E-state index contributed by atoms with van der Waals surface area (Å²) >= 11 is 14.8. The summed E-state index contributed by atoms with van der Waals surface area (Å²) < 4.78 is 5.48. The molecule has 1 amide bonds. The molecule has 0 aliphatic carbocycles. The third kappa shape index (κ3) is 14.6. The number of aryl methyl sites for hydroxylation is 4. The number of thiophene rings is 2. The van der Waals surface area contributed by atoms with Gasteiger partial charge in [0, 0.05) is 56.1 Å². The molecule has 446 valence electrons. The Balaban J connectivity index is 0.000000133. The number of aromatic nitrogens is 8. The standard InChI is InChI=1S/C19H18N6OS2.C11H12N2S.C10H11N3S.C9H9N3O2S.C7H4ClNS.C4H9N.Na.H/c1-9-10(2)23-24-18-14(9)15(20)16(28-18)17(26)21-11-7-25(8-11)19-22-12-5-3-4-6-13(12)27-19;1-8-6-13(7-8)11-12-9-4-2-3-5-10(9)14-11;11-7-5-13(6-7)10-12-8-3-1-2-4-9(8)14-10;1-3-4(2)11-12-8-5(3)6(10)7(15-8)9(13)14;8-7-9-5-3-1-2-4-6(5)10-7;1-4-2-5-3-4;;/h3-6,11H,7-8,20H2,1-2H3,(H,21,26);2-5,8H,6-7H2,1H3;1-4,7H,5-6,11H2;10H2,1-2H3,(H,13,14);1-4H;4-5H,2-3H2,1H3;;/q;;;;;;+1;-1. The van der Waals surface area contributed by atoms with Gasteiger partial charge in [0.05, 0.1) is 69.7 Å². The van der Waals surface area contributed by atoms with Crippen LogP contribution in [0.3, 0.4) is 0 Å². The Bertz CT molecular complexity index is 4180. The number of para-hydroxylation sites is 4. The normalized spacial score (nSPS) is 14.8. The minimum atomic E-state index is -1.02. The van der Waals surface area contributed by atoms with Crippen molar-refractivity contribution in [1.82, 2.24) is 51.0 Å². The molecule has 0 saturated carbocycles. The number of fused-ring (bicyclic) bond motifs is 6. The molecule has 0 unspecified atom stereocenters. The van der Waals surface area contributed by atoms with Crippen LogP contribution in [0.25, 0.3) is 61.3 Å². The number of nitrogens with zero attached hydrogens (tertiary/aromatic N) is 11. The molecule has 0 bridgehead atoms. The van der Waals surface area contributed by atoms with Gasteiger partial charge in [-0.2, -0.15) is 10.2 Å². The van der Waals surface area contributed by atoms with Gasteiger partial charge in [0.2, 0.25) is 0 Å². The number of carbonyl (C=O) groups excluding carboxylic acids is 1. The van der Waals surface area contributed by atoms with Crippen LogP contribution in [0.2, 0.25) is 4.47 Å². The minimum absolute atomic E-state index is 0. The predicted molar refractivity (Wildman–Crippen MR) is 361 cm³/mol. The number of nitrogens with one attached hydrogen (secondary N) is 2. The summed E-state index contributed by atoms with van der Waals surface area (Å²) in [7, 11) is 0. The second-order valence-electron chi connectivity index (χ2n) is 21.5. The summed E-state index contributed by atoms with van der Waals surface area (Å²) in [6.07, 6.45) is 0. The second-order valence-corrected chi connectivity index (χ2v) is 28.2. The summed E-state index contributed by atoms with van der Waals surface area (Å²) in [5.41, 5.74) is 26.2. The zero-order valence-electron chi connectivity index (χ0n) is 49.9. The van der Waals surface area contributed by atoms with Gasteiger partial charge in [0.25, 0.3) is 5.91 Å². The molecule has 0 radical (unpaired) electrons. The first kappa shape index (κ1) is 63.7. The fourth-order valence-corrected chi connectivity index (χ4v) is 15.5. The number of carboxylic acid groups (broad SMARTS) is 1. The van der Waals surface area contributed by atoms with Crippen LogP contribution in [0.15, 0.2) is 97.1 Å². The Kier molecular flexibility index (Phi) is 20.5. The molecule has 27 heteroatoms. The number of aromatic carboxylic acids is 1. The number of amides is 1. The Morgan fingerprint density at radius 2 is 0.943 bits per heavy atom. The molecule has 4 aromatic carbocycles. The second kappa shape index (κ2) is 28.0. The minimum Gasteiger partial charge on any atom is -1.00 e. The van der Waals surface area contributed by atoms with Gasteiger partial charge < -0.3 is 49.1 Å². The van der Waals surface area contributed by atoms with Crippen molar-refractivity contribution in [2.45, 2.75) is 53.6 Å². The van der Waals surface area contributed by atoms with Gasteiger partial charge in [-0.05, 0) is 112 Å². The van der Waals surface area contributed by atoms with Gasteiger partial charge in [-0.3, -0.25) is 4.79 Å². The summed E-state index contributed by atoms with van der Waals surface area (Å²) in [5.74, 6) is 0.621. The van der Waals surface area contributed by atoms with Crippen molar-refractivity contribution >= 4 is 180 Å². The molecule has 12 aromatic rings. The number of thiazole rings is 4. The van der Waals surface area contributed by atoms with Crippen LogP contribution in [0.5, 0.6) is 0 Å². The van der Waals surface area contributed by atoms with Crippen LogP contribution in [-0.2, 0) is 0 Å². The Hall–Kier alpha value is -6.33. The van der Waals surface area contributed by atoms with Crippen molar-refractivity contribution in [3.05, 3.63) is 134 Å². The van der Waals surface area contributed by atoms with Crippen molar-refractivity contribution in [1.29, 1.82) is 0 Å². The van der Waals surface area contributed by atoms with E-state index in [9.17, 15) is 9.59 Å². The topological polar surface area (TPSA) is 269 Å². The van der Waals surface area contributed by atoms with Crippen molar-refractivity contribution in [3.63, 3.8) is 0 Å². The predicted octanol–water partition coefficient (Wildman–Crippen LogP) is 9.20. The van der Waals surface area contributed by atoms with E-state index in [1.54, 1.807) is 34.0 Å². The smallest absolute Gasteiger partial charge is 1.00 e. The van der Waals surface area contributed by atoms with E-state index < -0.39 is 5.97 Å². The van der Waals surface area contributed by atoms with Crippen molar-refractivity contribution < 1.29 is 45.7 Å². The molecule has 4 fully saturated rings. The number of nitrogens with two attached hydrogens (primary N) is 3. The zero-order valence-corrected chi connectivity index (χ0v) is 56.6. The Morgan fingerprint density at radius 1 is 0.563 bits per heavy atom. The molecule has 87 heavy (non-hydrogen) atoms. The average Bonchev–Trinajstić information content (AvgIpc) is 2.41. The molecule has 16 rings (SSSR count).